The SMILES string of the molecule is CC(=O)Nc1ccc(OC[C@H](O)CN(C)C2CCCC2)cc1. The van der Waals surface area contributed by atoms with Crippen LogP contribution in [0.4, 0.5) is 5.69 Å². The fourth-order valence-electron chi connectivity index (χ4n) is 2.91. The van der Waals surface area contributed by atoms with E-state index in [0.29, 0.717) is 18.3 Å². The number of amides is 1. The minimum Gasteiger partial charge on any atom is -0.491 e. The molecule has 0 aromatic heterocycles. The molecule has 1 fully saturated rings. The summed E-state index contributed by atoms with van der Waals surface area (Å²) in [5.41, 5.74) is 0.737. The van der Waals surface area contributed by atoms with Crippen molar-refractivity contribution in [2.24, 2.45) is 0 Å². The number of carbonyl (C=O) groups is 1. The van der Waals surface area contributed by atoms with Crippen molar-refractivity contribution in [1.29, 1.82) is 0 Å². The van der Waals surface area contributed by atoms with Crippen molar-refractivity contribution < 1.29 is 14.6 Å². The van der Waals surface area contributed by atoms with E-state index in [9.17, 15) is 9.90 Å². The maximum atomic E-state index is 10.9. The number of likely N-dealkylation sites (N-methyl/N-ethyl adjacent to an activating group) is 1. The number of benzene rings is 1. The lowest BCUT2D eigenvalue weighted by Gasteiger charge is -2.26. The molecule has 0 bridgehead atoms. The first-order valence-corrected chi connectivity index (χ1v) is 7.93. The van der Waals surface area contributed by atoms with E-state index in [0.717, 1.165) is 5.69 Å². The first kappa shape index (κ1) is 16.8. The summed E-state index contributed by atoms with van der Waals surface area (Å²) in [6, 6.07) is 7.75. The monoisotopic (exact) mass is 306 g/mol. The summed E-state index contributed by atoms with van der Waals surface area (Å²) < 4.78 is 5.60. The van der Waals surface area contributed by atoms with Gasteiger partial charge in [-0.3, -0.25) is 4.79 Å². The second-order valence-electron chi connectivity index (χ2n) is 6.05. The van der Waals surface area contributed by atoms with Crippen molar-refractivity contribution in [3.05, 3.63) is 24.3 Å². The molecule has 2 rings (SSSR count). The Bertz CT molecular complexity index is 469. The van der Waals surface area contributed by atoms with Crippen LogP contribution in [0.5, 0.6) is 5.75 Å². The Morgan fingerprint density at radius 1 is 1.36 bits per heavy atom. The molecule has 0 radical (unpaired) electrons. The fourth-order valence-corrected chi connectivity index (χ4v) is 2.91. The highest BCUT2D eigenvalue weighted by atomic mass is 16.5. The van der Waals surface area contributed by atoms with E-state index in [4.69, 9.17) is 4.74 Å². The summed E-state index contributed by atoms with van der Waals surface area (Å²) in [5, 5.41) is 12.8. The van der Waals surface area contributed by atoms with Crippen LogP contribution < -0.4 is 10.1 Å². The van der Waals surface area contributed by atoms with Crippen molar-refractivity contribution in [3.63, 3.8) is 0 Å². The van der Waals surface area contributed by atoms with Crippen molar-refractivity contribution in [1.82, 2.24) is 4.90 Å². The summed E-state index contributed by atoms with van der Waals surface area (Å²) in [6.07, 6.45) is 4.55. The lowest BCUT2D eigenvalue weighted by Crippen LogP contribution is -2.38. The Morgan fingerprint density at radius 3 is 2.59 bits per heavy atom. The van der Waals surface area contributed by atoms with E-state index >= 15 is 0 Å². The Hall–Kier alpha value is -1.59. The molecule has 1 aliphatic carbocycles. The lowest BCUT2D eigenvalue weighted by molar-refractivity contribution is -0.114. The average Bonchev–Trinajstić information content (AvgIpc) is 3.00. The van der Waals surface area contributed by atoms with Gasteiger partial charge >= 0.3 is 0 Å². The first-order chi connectivity index (χ1) is 10.5. The number of anilines is 1. The third-order valence-corrected chi connectivity index (χ3v) is 4.06. The van der Waals surface area contributed by atoms with Gasteiger partial charge in [0.1, 0.15) is 18.5 Å². The topological polar surface area (TPSA) is 61.8 Å². The maximum absolute atomic E-state index is 10.9. The molecular weight excluding hydrogens is 280 g/mol. The molecule has 0 unspecified atom stereocenters. The van der Waals surface area contributed by atoms with Crippen molar-refractivity contribution >= 4 is 11.6 Å². The molecule has 5 nitrogen and oxygen atoms in total. The predicted molar refractivity (Wildman–Crippen MR) is 87.1 cm³/mol. The normalized spacial score (nSPS) is 16.7. The summed E-state index contributed by atoms with van der Waals surface area (Å²) in [5.74, 6) is 0.593. The number of aliphatic hydroxyl groups excluding tert-OH is 1. The van der Waals surface area contributed by atoms with Gasteiger partial charge in [-0.2, -0.15) is 0 Å². The number of carbonyl (C=O) groups excluding carboxylic acids is 1. The molecule has 1 aromatic rings. The smallest absolute Gasteiger partial charge is 0.221 e. The number of nitrogens with zero attached hydrogens (tertiary/aromatic N) is 1. The number of aliphatic hydroxyl groups is 1. The summed E-state index contributed by atoms with van der Waals surface area (Å²) >= 11 is 0. The summed E-state index contributed by atoms with van der Waals surface area (Å²) in [7, 11) is 2.07. The van der Waals surface area contributed by atoms with Crippen LogP contribution in [0.1, 0.15) is 32.6 Å². The second kappa shape index (κ2) is 8.15. The van der Waals surface area contributed by atoms with Crippen LogP contribution in [-0.2, 0) is 4.79 Å². The van der Waals surface area contributed by atoms with Gasteiger partial charge in [0, 0.05) is 25.2 Å². The van der Waals surface area contributed by atoms with Gasteiger partial charge in [-0.15, -0.1) is 0 Å². The number of rotatable bonds is 7. The zero-order valence-electron chi connectivity index (χ0n) is 13.4. The van der Waals surface area contributed by atoms with E-state index in [1.807, 2.05) is 0 Å². The van der Waals surface area contributed by atoms with Gasteiger partial charge in [-0.05, 0) is 44.2 Å². The molecule has 1 saturated carbocycles. The van der Waals surface area contributed by atoms with Crippen molar-refractivity contribution in [2.75, 3.05) is 25.5 Å². The Labute approximate surface area is 132 Å². The number of ether oxygens (including phenoxy) is 1. The molecule has 2 N–H and O–H groups in total. The molecule has 1 aromatic carbocycles. The molecule has 122 valence electrons. The molecule has 1 aliphatic rings. The molecule has 0 spiro atoms. The standard InChI is InChI=1S/C17H26N2O3/c1-13(20)18-14-7-9-17(10-8-14)22-12-16(21)11-19(2)15-5-3-4-6-15/h7-10,15-16,21H,3-6,11-12H2,1-2H3,(H,18,20)/t16-/m1/s1. The average molecular weight is 306 g/mol. The van der Waals surface area contributed by atoms with Gasteiger partial charge in [0.2, 0.25) is 5.91 Å². The Morgan fingerprint density at radius 2 is 2.00 bits per heavy atom. The summed E-state index contributed by atoms with van der Waals surface area (Å²) in [6.45, 7) is 2.38. The van der Waals surface area contributed by atoms with Crippen LogP contribution in [0.3, 0.4) is 0 Å². The van der Waals surface area contributed by atoms with Crippen LogP contribution >= 0.6 is 0 Å². The zero-order valence-corrected chi connectivity index (χ0v) is 13.4. The van der Waals surface area contributed by atoms with Crippen molar-refractivity contribution in [3.8, 4) is 5.75 Å². The van der Waals surface area contributed by atoms with Gasteiger partial charge < -0.3 is 20.1 Å². The van der Waals surface area contributed by atoms with Gasteiger partial charge in [0.25, 0.3) is 0 Å². The third kappa shape index (κ3) is 5.31. The molecule has 1 atom stereocenters. The van der Waals surface area contributed by atoms with Crippen LogP contribution in [0.15, 0.2) is 24.3 Å². The van der Waals surface area contributed by atoms with Crippen LogP contribution in [0, 0.1) is 0 Å². The number of hydrogen-bond acceptors (Lipinski definition) is 4. The van der Waals surface area contributed by atoms with Gasteiger partial charge in [0.15, 0.2) is 0 Å². The maximum Gasteiger partial charge on any atom is 0.221 e. The molecule has 1 amide bonds. The second-order valence-corrected chi connectivity index (χ2v) is 6.05. The van der Waals surface area contributed by atoms with Gasteiger partial charge in [0.05, 0.1) is 0 Å². The molecule has 5 heteroatoms. The zero-order chi connectivity index (χ0) is 15.9. The predicted octanol–water partition coefficient (Wildman–Crippen LogP) is 2.26. The van der Waals surface area contributed by atoms with Crippen molar-refractivity contribution in [2.45, 2.75) is 44.8 Å². The Balaban J connectivity index is 1.73. The highest BCUT2D eigenvalue weighted by molar-refractivity contribution is 5.88. The highest BCUT2D eigenvalue weighted by Crippen LogP contribution is 2.22. The van der Waals surface area contributed by atoms with Gasteiger partial charge in [-0.25, -0.2) is 0 Å². The van der Waals surface area contributed by atoms with Gasteiger partial charge in [-0.1, -0.05) is 12.8 Å². The van der Waals surface area contributed by atoms with E-state index in [1.54, 1.807) is 24.3 Å². The molecule has 22 heavy (non-hydrogen) atoms. The number of nitrogens with one attached hydrogen (secondary N) is 1. The van der Waals surface area contributed by atoms with E-state index in [1.165, 1.54) is 32.6 Å². The largest absolute Gasteiger partial charge is 0.491 e. The van der Waals surface area contributed by atoms with E-state index in [-0.39, 0.29) is 12.5 Å². The van der Waals surface area contributed by atoms with Crippen LogP contribution in [0.25, 0.3) is 0 Å². The van der Waals surface area contributed by atoms with E-state index < -0.39 is 6.10 Å². The van der Waals surface area contributed by atoms with Crippen LogP contribution in [-0.4, -0.2) is 48.3 Å². The fraction of sp³-hybridized carbons (Fsp3) is 0.588. The molecular formula is C17H26N2O3. The highest BCUT2D eigenvalue weighted by Gasteiger charge is 2.21. The third-order valence-electron chi connectivity index (χ3n) is 4.06. The first-order valence-electron chi connectivity index (χ1n) is 7.93. The Kier molecular flexibility index (Phi) is 6.21. The van der Waals surface area contributed by atoms with E-state index in [2.05, 4.69) is 17.3 Å². The molecule has 0 aliphatic heterocycles. The molecule has 0 heterocycles. The lowest BCUT2D eigenvalue weighted by atomic mass is 10.2. The summed E-state index contributed by atoms with van der Waals surface area (Å²) in [4.78, 5) is 13.2. The molecule has 0 saturated heterocycles. The van der Waals surface area contributed by atoms with Crippen LogP contribution in [0.2, 0.25) is 0 Å². The quantitative estimate of drug-likeness (QED) is 0.811. The minimum absolute atomic E-state index is 0.0981. The minimum atomic E-state index is -0.499. The number of hydrogen-bond donors (Lipinski definition) is 2.